The van der Waals surface area contributed by atoms with Gasteiger partial charge in [-0.2, -0.15) is 5.26 Å². The van der Waals surface area contributed by atoms with Crippen molar-refractivity contribution in [2.24, 2.45) is 50.2 Å². The molecule has 0 bridgehead atoms. The number of carboxylic acids is 1. The molecule has 0 amide bonds. The standard InChI is InChI=1S/C31H41NO4/c1-26(2)10-12-31(25(35)36)13-11-30(7)23(19(31)16-26)20(33)14-22-28(5)15-18(17-32)24(34)27(3,4)21(28)8-9-29(22,30)6/h14-15,19,21,23H,8-13,16H2,1-7H3,(H,35,36)/t19-,21?,23-,28-,29+,30+,31?/m0/s1. The first-order valence-corrected chi connectivity index (χ1v) is 13.7. The summed E-state index contributed by atoms with van der Waals surface area (Å²) < 4.78 is 0. The van der Waals surface area contributed by atoms with Gasteiger partial charge < -0.3 is 5.11 Å². The number of carbonyl (C=O) groups is 3. The highest BCUT2D eigenvalue weighted by Crippen LogP contribution is 2.74. The van der Waals surface area contributed by atoms with E-state index in [1.54, 1.807) is 0 Å². The molecule has 0 aromatic heterocycles. The lowest BCUT2D eigenvalue weighted by Crippen LogP contribution is -2.65. The Bertz CT molecular complexity index is 1180. The fourth-order valence-electron chi connectivity index (χ4n) is 10.0. The Morgan fingerprint density at radius 3 is 2.25 bits per heavy atom. The van der Waals surface area contributed by atoms with Crippen LogP contribution in [0.4, 0.5) is 0 Å². The fraction of sp³-hybridized carbons (Fsp3) is 0.742. The van der Waals surface area contributed by atoms with E-state index in [1.165, 1.54) is 0 Å². The average Bonchev–Trinajstić information content (AvgIpc) is 2.77. The molecule has 0 aromatic rings. The minimum Gasteiger partial charge on any atom is -0.481 e. The van der Waals surface area contributed by atoms with Gasteiger partial charge in [0, 0.05) is 16.7 Å². The zero-order valence-electron chi connectivity index (χ0n) is 23.0. The van der Waals surface area contributed by atoms with E-state index in [-0.39, 0.29) is 51.1 Å². The molecule has 3 fully saturated rings. The van der Waals surface area contributed by atoms with Crippen LogP contribution in [0.3, 0.4) is 0 Å². The molecule has 0 radical (unpaired) electrons. The Labute approximate surface area is 215 Å². The van der Waals surface area contributed by atoms with Crippen molar-refractivity contribution in [1.29, 1.82) is 5.26 Å². The van der Waals surface area contributed by atoms with Crippen molar-refractivity contribution in [3.05, 3.63) is 23.3 Å². The molecule has 3 saturated carbocycles. The van der Waals surface area contributed by atoms with E-state index in [1.807, 2.05) is 26.0 Å². The Kier molecular flexibility index (Phi) is 5.09. The molecule has 0 aromatic carbocycles. The third kappa shape index (κ3) is 2.85. The number of ketones is 2. The Balaban J connectivity index is 1.71. The molecule has 194 valence electrons. The Hall–Kier alpha value is -2.22. The predicted octanol–water partition coefficient (Wildman–Crippen LogP) is 6.29. The van der Waals surface area contributed by atoms with Crippen molar-refractivity contribution in [2.45, 2.75) is 93.4 Å². The van der Waals surface area contributed by atoms with Crippen LogP contribution >= 0.6 is 0 Å². The third-order valence-corrected chi connectivity index (χ3v) is 12.3. The van der Waals surface area contributed by atoms with Crippen LogP contribution in [0, 0.1) is 61.6 Å². The monoisotopic (exact) mass is 491 g/mol. The van der Waals surface area contributed by atoms with Gasteiger partial charge in [0.2, 0.25) is 0 Å². The van der Waals surface area contributed by atoms with Crippen molar-refractivity contribution >= 4 is 17.5 Å². The molecule has 2 unspecified atom stereocenters. The number of hydrogen-bond acceptors (Lipinski definition) is 4. The molecule has 5 aliphatic rings. The van der Waals surface area contributed by atoms with Gasteiger partial charge >= 0.3 is 5.97 Å². The lowest BCUT2D eigenvalue weighted by atomic mass is 9.34. The second-order valence-electron chi connectivity index (χ2n) is 14.7. The van der Waals surface area contributed by atoms with Crippen LogP contribution in [0.1, 0.15) is 93.4 Å². The summed E-state index contributed by atoms with van der Waals surface area (Å²) in [6.45, 7) is 15.0. The van der Waals surface area contributed by atoms with Crippen LogP contribution in [-0.2, 0) is 14.4 Å². The molecule has 5 rings (SSSR count). The molecule has 5 aliphatic carbocycles. The van der Waals surface area contributed by atoms with Crippen LogP contribution < -0.4 is 0 Å². The molecule has 1 N–H and O–H groups in total. The summed E-state index contributed by atoms with van der Waals surface area (Å²) in [7, 11) is 0. The highest BCUT2D eigenvalue weighted by atomic mass is 16.4. The van der Waals surface area contributed by atoms with Gasteiger partial charge in [-0.25, -0.2) is 0 Å². The van der Waals surface area contributed by atoms with E-state index in [0.717, 1.165) is 31.3 Å². The van der Waals surface area contributed by atoms with Gasteiger partial charge in [-0.05, 0) is 79.1 Å². The topological polar surface area (TPSA) is 95.2 Å². The first kappa shape index (κ1) is 25.4. The third-order valence-electron chi connectivity index (χ3n) is 12.3. The Morgan fingerprint density at radius 2 is 1.64 bits per heavy atom. The largest absolute Gasteiger partial charge is 0.481 e. The molecule has 0 aliphatic heterocycles. The van der Waals surface area contributed by atoms with Crippen molar-refractivity contribution < 1.29 is 19.5 Å². The molecular formula is C31H41NO4. The fourth-order valence-corrected chi connectivity index (χ4v) is 10.0. The minimum absolute atomic E-state index is 0.00880. The highest BCUT2D eigenvalue weighted by molar-refractivity contribution is 6.04. The summed E-state index contributed by atoms with van der Waals surface area (Å²) in [5.74, 6) is -1.27. The van der Waals surface area contributed by atoms with Crippen LogP contribution in [0.15, 0.2) is 23.3 Å². The van der Waals surface area contributed by atoms with Gasteiger partial charge in [0.1, 0.15) is 6.07 Å². The molecule has 36 heavy (non-hydrogen) atoms. The summed E-state index contributed by atoms with van der Waals surface area (Å²) in [6, 6.07) is 2.15. The molecule has 5 heteroatoms. The lowest BCUT2D eigenvalue weighted by Gasteiger charge is -2.68. The molecule has 7 atom stereocenters. The summed E-state index contributed by atoms with van der Waals surface area (Å²) in [5.41, 5.74) is -1.49. The van der Waals surface area contributed by atoms with E-state index >= 15 is 0 Å². The smallest absolute Gasteiger partial charge is 0.309 e. The maximum absolute atomic E-state index is 14.2. The number of carbonyl (C=O) groups excluding carboxylic acids is 2. The van der Waals surface area contributed by atoms with E-state index in [9.17, 15) is 24.8 Å². The van der Waals surface area contributed by atoms with Crippen LogP contribution in [0.25, 0.3) is 0 Å². The number of Topliss-reactive ketones (excluding diaryl/α,β-unsaturated/α-hetero) is 1. The number of fused-ring (bicyclic) bond motifs is 7. The van der Waals surface area contributed by atoms with Crippen molar-refractivity contribution in [3.63, 3.8) is 0 Å². The molecule has 0 saturated heterocycles. The summed E-state index contributed by atoms with van der Waals surface area (Å²) in [6.07, 6.45) is 8.98. The van der Waals surface area contributed by atoms with Gasteiger partial charge in [-0.3, -0.25) is 14.4 Å². The first-order chi connectivity index (χ1) is 16.5. The summed E-state index contributed by atoms with van der Waals surface area (Å²) in [5, 5.41) is 20.3. The number of allylic oxidation sites excluding steroid dienone is 4. The molecule has 5 nitrogen and oxygen atoms in total. The van der Waals surface area contributed by atoms with Gasteiger partial charge in [0.15, 0.2) is 11.6 Å². The van der Waals surface area contributed by atoms with Gasteiger partial charge in [0.05, 0.1) is 11.0 Å². The number of nitrogens with zero attached hydrogens (tertiary/aromatic N) is 1. The van der Waals surface area contributed by atoms with E-state index < -0.39 is 22.2 Å². The number of hydrogen-bond donors (Lipinski definition) is 1. The van der Waals surface area contributed by atoms with Crippen molar-refractivity contribution in [2.75, 3.05) is 0 Å². The average molecular weight is 492 g/mol. The molecule has 0 heterocycles. The first-order valence-electron chi connectivity index (χ1n) is 13.7. The van der Waals surface area contributed by atoms with Crippen LogP contribution in [-0.4, -0.2) is 22.6 Å². The predicted molar refractivity (Wildman–Crippen MR) is 137 cm³/mol. The zero-order valence-corrected chi connectivity index (χ0v) is 23.0. The molecule has 0 spiro atoms. The highest BCUT2D eigenvalue weighted by Gasteiger charge is 2.70. The summed E-state index contributed by atoms with van der Waals surface area (Å²) >= 11 is 0. The maximum Gasteiger partial charge on any atom is 0.309 e. The SMILES string of the molecule is CC1(C)CCC2(C(=O)O)CC[C@]3(C)[C@H](C(=O)C=C4[C@@]5(C)C=C(C#N)C(=O)C(C)(C)C5CC[C@]43C)[C@@H]2C1. The number of nitriles is 1. The van der Waals surface area contributed by atoms with Gasteiger partial charge in [0.25, 0.3) is 0 Å². The van der Waals surface area contributed by atoms with Gasteiger partial charge in [-0.1, -0.05) is 60.1 Å². The van der Waals surface area contributed by atoms with Gasteiger partial charge in [-0.15, -0.1) is 0 Å². The Morgan fingerprint density at radius 1 is 1.00 bits per heavy atom. The number of carboxylic acid groups (broad SMARTS) is 1. The normalized spacial score (nSPS) is 46.7. The quantitative estimate of drug-likeness (QED) is 0.465. The van der Waals surface area contributed by atoms with Crippen molar-refractivity contribution in [3.8, 4) is 6.07 Å². The number of aliphatic carboxylic acids is 1. The minimum atomic E-state index is -0.828. The number of rotatable bonds is 1. The van der Waals surface area contributed by atoms with E-state index in [0.29, 0.717) is 19.3 Å². The maximum atomic E-state index is 14.2. The lowest BCUT2D eigenvalue weighted by molar-refractivity contribution is -0.188. The second-order valence-corrected chi connectivity index (χ2v) is 14.7. The van der Waals surface area contributed by atoms with E-state index in [4.69, 9.17) is 0 Å². The molecular weight excluding hydrogens is 450 g/mol. The van der Waals surface area contributed by atoms with Crippen LogP contribution in [0.5, 0.6) is 0 Å². The van der Waals surface area contributed by atoms with E-state index in [2.05, 4.69) is 40.7 Å². The second kappa shape index (κ2) is 7.21. The summed E-state index contributed by atoms with van der Waals surface area (Å²) in [4.78, 5) is 40.2. The van der Waals surface area contributed by atoms with Crippen molar-refractivity contribution in [1.82, 2.24) is 0 Å². The van der Waals surface area contributed by atoms with Crippen LogP contribution in [0.2, 0.25) is 0 Å². The zero-order chi connectivity index (χ0) is 26.7.